The molecule has 0 amide bonds. The van der Waals surface area contributed by atoms with Crippen LogP contribution in [0.5, 0.6) is 11.5 Å². The molecule has 3 aromatic carbocycles. The van der Waals surface area contributed by atoms with E-state index in [0.29, 0.717) is 33.8 Å². The van der Waals surface area contributed by atoms with Crippen LogP contribution in [0.4, 0.5) is 0 Å². The third-order valence-corrected chi connectivity index (χ3v) is 9.05. The van der Waals surface area contributed by atoms with Crippen molar-refractivity contribution in [3.63, 3.8) is 0 Å². The van der Waals surface area contributed by atoms with Gasteiger partial charge in [0.15, 0.2) is 0 Å². The maximum atomic E-state index is 11.7. The van der Waals surface area contributed by atoms with Crippen LogP contribution in [-0.4, -0.2) is 32.1 Å². The molecule has 0 aliphatic carbocycles. The summed E-state index contributed by atoms with van der Waals surface area (Å²) in [7, 11) is 0. The monoisotopic (exact) mass is 627 g/mol. The summed E-state index contributed by atoms with van der Waals surface area (Å²) in [5, 5.41) is 25.3. The summed E-state index contributed by atoms with van der Waals surface area (Å²) in [5.74, 6) is 2.32. The van der Waals surface area contributed by atoms with E-state index < -0.39 is 0 Å². The number of phenols is 2. The molecule has 0 aliphatic heterocycles. The minimum atomic E-state index is -0.172. The van der Waals surface area contributed by atoms with E-state index in [1.807, 2.05) is 97.8 Å². The Morgan fingerprint density at radius 3 is 1.48 bits per heavy atom. The van der Waals surface area contributed by atoms with Gasteiger partial charge in [0.2, 0.25) is 0 Å². The standard InChI is InChI=1S/C42H38BN3O2/c1-41(2,3)27-21-29(33-11-7-9-19-43-33)39(47)31(23-27)35-17-15-25-13-14-26-16-18-36(46-38(26)37(25)45-35)32-24-28(42(4,5)6)22-30(40(32)48)34-12-8-10-20-44-34/h7-24,47-48H,1-6H3. The van der Waals surface area contributed by atoms with Gasteiger partial charge in [-0.3, -0.25) is 4.98 Å². The summed E-state index contributed by atoms with van der Waals surface area (Å²) in [6, 6.07) is 31.9. The van der Waals surface area contributed by atoms with Gasteiger partial charge in [-0.1, -0.05) is 26.8 Å². The van der Waals surface area contributed by atoms with Crippen LogP contribution >= 0.6 is 0 Å². The van der Waals surface area contributed by atoms with Gasteiger partial charge in [-0.05, 0) is 29.2 Å². The van der Waals surface area contributed by atoms with E-state index >= 15 is 0 Å². The fourth-order valence-corrected chi connectivity index (χ4v) is 6.15. The first-order valence-corrected chi connectivity index (χ1v) is 16.3. The summed E-state index contributed by atoms with van der Waals surface area (Å²) >= 11 is 0. The van der Waals surface area contributed by atoms with Crippen LogP contribution in [0.25, 0.3) is 66.6 Å². The van der Waals surface area contributed by atoms with E-state index in [0.717, 1.165) is 44.0 Å². The third-order valence-electron chi connectivity index (χ3n) is 9.05. The number of nitrogens with zero attached hydrogens (tertiary/aromatic N) is 3. The Kier molecular flexibility index (Phi) is 7.63. The first-order valence-electron chi connectivity index (χ1n) is 16.3. The predicted octanol–water partition coefficient (Wildman–Crippen LogP) is 10.2. The van der Waals surface area contributed by atoms with Gasteiger partial charge in [-0.2, -0.15) is 0 Å². The molecule has 7 aromatic rings. The van der Waals surface area contributed by atoms with Crippen molar-refractivity contribution >= 4 is 28.7 Å². The van der Waals surface area contributed by atoms with Crippen LogP contribution < -0.4 is 0 Å². The van der Waals surface area contributed by atoms with E-state index in [1.165, 1.54) is 0 Å². The van der Waals surface area contributed by atoms with Crippen molar-refractivity contribution in [3.05, 3.63) is 120 Å². The Labute approximate surface area is 282 Å². The zero-order valence-corrected chi connectivity index (χ0v) is 28.2. The Hall–Kier alpha value is -5.36. The van der Waals surface area contributed by atoms with Gasteiger partial charge in [0.05, 0.1) is 5.69 Å². The van der Waals surface area contributed by atoms with Gasteiger partial charge in [-0.15, -0.1) is 0 Å². The molecule has 0 saturated heterocycles. The van der Waals surface area contributed by atoms with Crippen molar-refractivity contribution in [2.75, 3.05) is 0 Å². The molecule has 0 spiro atoms. The zero-order chi connectivity index (χ0) is 33.8. The first kappa shape index (κ1) is 31.3. The van der Waals surface area contributed by atoms with E-state index in [4.69, 9.17) is 9.97 Å². The molecule has 4 aromatic heterocycles. The van der Waals surface area contributed by atoms with Crippen LogP contribution in [0.3, 0.4) is 0 Å². The number of pyridine rings is 3. The van der Waals surface area contributed by atoms with Crippen molar-refractivity contribution in [2.24, 2.45) is 0 Å². The number of aromatic hydroxyl groups is 2. The summed E-state index contributed by atoms with van der Waals surface area (Å²) in [6.07, 6.45) is 1.74. The first-order chi connectivity index (χ1) is 22.9. The molecule has 5 nitrogen and oxygen atoms in total. The third kappa shape index (κ3) is 5.72. The molecule has 0 aliphatic rings. The average molecular weight is 628 g/mol. The number of hydrogen-bond donors (Lipinski definition) is 2. The molecule has 0 bridgehead atoms. The molecule has 0 saturated carbocycles. The van der Waals surface area contributed by atoms with E-state index in [1.54, 1.807) is 6.20 Å². The Balaban J connectivity index is 1.45. The number of rotatable bonds is 4. The molecule has 6 heteroatoms. The Morgan fingerprint density at radius 2 is 1.00 bits per heavy atom. The summed E-state index contributed by atoms with van der Waals surface area (Å²) in [5.41, 5.74) is 9.02. The molecule has 0 unspecified atom stereocenters. The van der Waals surface area contributed by atoms with Crippen LogP contribution in [0.2, 0.25) is 0 Å². The van der Waals surface area contributed by atoms with Gasteiger partial charge in [0.1, 0.15) is 0 Å². The van der Waals surface area contributed by atoms with Crippen LogP contribution in [0, 0.1) is 0 Å². The van der Waals surface area contributed by atoms with Gasteiger partial charge in [0.25, 0.3) is 0 Å². The van der Waals surface area contributed by atoms with E-state index in [9.17, 15) is 10.2 Å². The zero-order valence-electron chi connectivity index (χ0n) is 28.2. The quantitative estimate of drug-likeness (QED) is 0.190. The average Bonchev–Trinajstić information content (AvgIpc) is 3.07. The van der Waals surface area contributed by atoms with Crippen molar-refractivity contribution < 1.29 is 10.2 Å². The maximum absolute atomic E-state index is 11.7. The van der Waals surface area contributed by atoms with Crippen LogP contribution in [0.15, 0.2) is 109 Å². The Bertz CT molecular complexity index is 2160. The molecule has 0 atom stereocenters. The number of benzene rings is 3. The molecule has 0 fully saturated rings. The number of phenolic OH excluding ortho intramolecular Hbond substituents is 2. The fraction of sp³-hybridized carbons (Fsp3) is 0.190. The fourth-order valence-electron chi connectivity index (χ4n) is 6.15. The predicted molar refractivity (Wildman–Crippen MR) is 199 cm³/mol. The number of hydrogen-bond acceptors (Lipinski definition) is 5. The van der Waals surface area contributed by atoms with Crippen LogP contribution in [0.1, 0.15) is 52.7 Å². The van der Waals surface area contributed by atoms with Crippen molar-refractivity contribution in [2.45, 2.75) is 52.4 Å². The molecular weight excluding hydrogens is 589 g/mol. The van der Waals surface area contributed by atoms with Gasteiger partial charge in [0, 0.05) is 11.8 Å². The molecule has 4 heterocycles. The topological polar surface area (TPSA) is 79.1 Å². The molecule has 2 N–H and O–H groups in total. The van der Waals surface area contributed by atoms with Gasteiger partial charge in [-0.25, -0.2) is 0 Å². The molecule has 0 radical (unpaired) electrons. The van der Waals surface area contributed by atoms with Crippen molar-refractivity contribution in [3.8, 4) is 56.3 Å². The van der Waals surface area contributed by atoms with E-state index in [-0.39, 0.29) is 22.3 Å². The number of fused-ring (bicyclic) bond motifs is 3. The summed E-state index contributed by atoms with van der Waals surface area (Å²) < 4.78 is 0. The van der Waals surface area contributed by atoms with Crippen LogP contribution in [-0.2, 0) is 10.8 Å². The normalized spacial score (nSPS) is 12.0. The Morgan fingerprint density at radius 1 is 0.521 bits per heavy atom. The summed E-state index contributed by atoms with van der Waals surface area (Å²) in [6.45, 7) is 15.0. The minimum absolute atomic E-state index is 0.139. The molecular formula is C42H38BN3O2. The number of aromatic nitrogens is 3. The van der Waals surface area contributed by atoms with E-state index in [2.05, 4.69) is 58.7 Å². The molecule has 236 valence electrons. The second-order valence-electron chi connectivity index (χ2n) is 14.5. The van der Waals surface area contributed by atoms with Crippen molar-refractivity contribution in [1.82, 2.24) is 15.0 Å². The second kappa shape index (κ2) is 11.7. The van der Waals surface area contributed by atoms with Crippen molar-refractivity contribution in [1.29, 1.82) is 0 Å². The van der Waals surface area contributed by atoms with Gasteiger partial charge >= 0.3 is 199 Å². The molecule has 48 heavy (non-hydrogen) atoms. The summed E-state index contributed by atoms with van der Waals surface area (Å²) in [4.78, 5) is 14.9. The van der Waals surface area contributed by atoms with Gasteiger partial charge < -0.3 is 5.11 Å². The molecule has 7 rings (SSSR count). The second-order valence-corrected chi connectivity index (χ2v) is 14.5. The SMILES string of the molecule is CC(C)(C)c1cc(-c2bcccc2)c(O)c(-c2ccc3ccc4ccc(-c5cc(C(C)(C)C)cc(-c6ccccn6)c5O)nc4c3n2)c1.